The summed E-state index contributed by atoms with van der Waals surface area (Å²) in [4.78, 5) is 57.1. The van der Waals surface area contributed by atoms with Crippen molar-refractivity contribution in [3.63, 3.8) is 0 Å². The molecule has 2 atom stereocenters. The monoisotopic (exact) mass is 625 g/mol. The lowest BCUT2D eigenvalue weighted by atomic mass is 10.00. The number of nitrogens with one attached hydrogen (secondary N) is 2. The van der Waals surface area contributed by atoms with Crippen molar-refractivity contribution in [1.29, 1.82) is 0 Å². The van der Waals surface area contributed by atoms with Gasteiger partial charge in [0.05, 0.1) is 25.3 Å². The number of likely N-dealkylation sites (tertiary alicyclic amines) is 1. The zero-order chi connectivity index (χ0) is 32.2. The molecule has 0 aliphatic carbocycles. The average Bonchev–Trinajstić information content (AvgIpc) is 3.48. The number of benzene rings is 3. The second-order valence-corrected chi connectivity index (χ2v) is 12.1. The van der Waals surface area contributed by atoms with E-state index in [9.17, 15) is 19.2 Å². The van der Waals surface area contributed by atoms with E-state index in [2.05, 4.69) is 10.6 Å². The number of hydrogen-bond acceptors (Lipinski definition) is 6. The summed E-state index contributed by atoms with van der Waals surface area (Å²) in [6, 6.07) is 20.0. The number of ether oxygens (including phenoxy) is 2. The van der Waals surface area contributed by atoms with E-state index < -0.39 is 6.04 Å². The van der Waals surface area contributed by atoms with Crippen molar-refractivity contribution < 1.29 is 28.7 Å². The first-order valence-corrected chi connectivity index (χ1v) is 15.7. The lowest BCUT2D eigenvalue weighted by Crippen LogP contribution is -2.58. The fourth-order valence-corrected chi connectivity index (χ4v) is 6.17. The highest BCUT2D eigenvalue weighted by Crippen LogP contribution is 2.27. The summed E-state index contributed by atoms with van der Waals surface area (Å²) in [5, 5.41) is 5.86. The van der Waals surface area contributed by atoms with Crippen LogP contribution in [0.4, 0.5) is 10.5 Å². The van der Waals surface area contributed by atoms with Crippen molar-refractivity contribution >= 4 is 29.4 Å². The second-order valence-electron chi connectivity index (χ2n) is 12.1. The summed E-state index contributed by atoms with van der Waals surface area (Å²) in [5.41, 5.74) is 3.95. The third kappa shape index (κ3) is 7.15. The summed E-state index contributed by atoms with van der Waals surface area (Å²) < 4.78 is 12.5. The summed E-state index contributed by atoms with van der Waals surface area (Å²) in [6.45, 7) is 3.85. The zero-order valence-electron chi connectivity index (χ0n) is 26.2. The van der Waals surface area contributed by atoms with E-state index in [4.69, 9.17) is 9.47 Å². The van der Waals surface area contributed by atoms with Gasteiger partial charge in [0.15, 0.2) is 0 Å². The average molecular weight is 626 g/mol. The largest absolute Gasteiger partial charge is 0.457 e. The summed E-state index contributed by atoms with van der Waals surface area (Å²) in [5.74, 6) is 0.696. The van der Waals surface area contributed by atoms with Crippen LogP contribution in [0.5, 0.6) is 11.5 Å². The Balaban J connectivity index is 1.22. The van der Waals surface area contributed by atoms with Gasteiger partial charge in [0.1, 0.15) is 11.5 Å². The minimum atomic E-state index is -0.499. The van der Waals surface area contributed by atoms with E-state index in [-0.39, 0.29) is 49.4 Å². The lowest BCUT2D eigenvalue weighted by molar-refractivity contribution is -0.135. The molecule has 11 nitrogen and oxygen atoms in total. The molecule has 4 bridgehead atoms. The fourth-order valence-electron chi connectivity index (χ4n) is 6.17. The number of piperidine rings is 1. The molecule has 2 N–H and O–H groups in total. The van der Waals surface area contributed by atoms with Gasteiger partial charge in [0, 0.05) is 50.9 Å². The van der Waals surface area contributed by atoms with Crippen molar-refractivity contribution in [2.45, 2.75) is 44.9 Å². The van der Waals surface area contributed by atoms with Gasteiger partial charge < -0.3 is 29.9 Å². The van der Waals surface area contributed by atoms with Gasteiger partial charge in [-0.3, -0.25) is 19.3 Å². The molecule has 3 aliphatic heterocycles. The predicted molar refractivity (Wildman–Crippen MR) is 172 cm³/mol. The number of likely N-dealkylation sites (N-methyl/N-ethyl adjacent to an activating group) is 1. The minimum Gasteiger partial charge on any atom is -0.457 e. The van der Waals surface area contributed by atoms with Gasteiger partial charge in [-0.25, -0.2) is 4.79 Å². The van der Waals surface area contributed by atoms with Crippen LogP contribution in [0, 0.1) is 6.92 Å². The number of carbonyl (C=O) groups is 4. The summed E-state index contributed by atoms with van der Waals surface area (Å²) in [6.07, 6.45) is 0.899. The quantitative estimate of drug-likeness (QED) is 0.449. The molecule has 0 saturated carbocycles. The Hall–Kier alpha value is -4.90. The summed E-state index contributed by atoms with van der Waals surface area (Å²) in [7, 11) is 1.62. The Kier molecular flexibility index (Phi) is 9.20. The van der Waals surface area contributed by atoms with Gasteiger partial charge in [-0.15, -0.1) is 0 Å². The SMILES string of the molecule is Cc1ccc(C(=O)N2CC[C@H]3OCc4cccc(c4)Oc4cccc(c4)CCC(=O)N(C)CC(=O)N[C@H]3C2)cc1N1CCNC1=O. The number of urea groups is 1. The van der Waals surface area contributed by atoms with Crippen LogP contribution in [0.15, 0.2) is 66.7 Å². The molecule has 3 aromatic rings. The molecule has 0 spiro atoms. The van der Waals surface area contributed by atoms with Crippen LogP contribution < -0.4 is 20.3 Å². The Morgan fingerprint density at radius 3 is 2.43 bits per heavy atom. The minimum absolute atomic E-state index is 0.111. The first-order chi connectivity index (χ1) is 22.2. The van der Waals surface area contributed by atoms with Gasteiger partial charge in [0.25, 0.3) is 5.91 Å². The first-order valence-electron chi connectivity index (χ1n) is 15.7. The topological polar surface area (TPSA) is 121 Å². The third-order valence-electron chi connectivity index (χ3n) is 8.72. The fraction of sp³-hybridized carbons (Fsp3) is 0.371. The molecule has 6 rings (SSSR count). The molecule has 3 aromatic carbocycles. The number of anilines is 1. The maximum absolute atomic E-state index is 13.8. The highest BCUT2D eigenvalue weighted by molar-refractivity contribution is 5.99. The van der Waals surface area contributed by atoms with Crippen LogP contribution in [0.3, 0.4) is 0 Å². The molecule has 0 aromatic heterocycles. The van der Waals surface area contributed by atoms with Gasteiger partial charge in [-0.2, -0.15) is 0 Å². The normalized spacial score (nSPS) is 21.0. The van der Waals surface area contributed by atoms with Crippen LogP contribution >= 0.6 is 0 Å². The maximum atomic E-state index is 13.8. The zero-order valence-corrected chi connectivity index (χ0v) is 26.2. The Morgan fingerprint density at radius 2 is 1.67 bits per heavy atom. The van der Waals surface area contributed by atoms with Gasteiger partial charge >= 0.3 is 6.03 Å². The molecule has 0 radical (unpaired) electrons. The van der Waals surface area contributed by atoms with Crippen LogP contribution in [0.25, 0.3) is 0 Å². The molecular formula is C35H39N5O6. The van der Waals surface area contributed by atoms with E-state index in [1.54, 1.807) is 29.0 Å². The van der Waals surface area contributed by atoms with Crippen LogP contribution in [-0.2, 0) is 27.4 Å². The number of amides is 5. The molecule has 2 fully saturated rings. The molecule has 0 unspecified atom stereocenters. The standard InChI is InChI=1S/C35H39N5O6/c1-23-9-11-26(19-30(23)40-16-14-36-35(40)44)34(43)39-15-13-31-29(20-39)37-32(41)21-38(2)33(42)12-10-24-5-3-7-27(17-24)46-28-8-4-6-25(18-28)22-45-31/h3-9,11,17-19,29,31H,10,12-16,20-22H2,1-2H3,(H,36,44)(H,37,41)/t29-,31+/m0/s1. The van der Waals surface area contributed by atoms with E-state index in [0.717, 1.165) is 16.7 Å². The molecule has 3 aliphatic rings. The van der Waals surface area contributed by atoms with Gasteiger partial charge in [-0.1, -0.05) is 30.3 Å². The highest BCUT2D eigenvalue weighted by Gasteiger charge is 2.34. The second kappa shape index (κ2) is 13.6. The number of hydrogen-bond donors (Lipinski definition) is 2. The Labute approximate surface area is 268 Å². The van der Waals surface area contributed by atoms with E-state index in [1.165, 1.54) is 4.90 Å². The molecular weight excluding hydrogens is 586 g/mol. The number of aryl methyl sites for hydroxylation is 2. The Morgan fingerprint density at radius 1 is 0.913 bits per heavy atom. The maximum Gasteiger partial charge on any atom is 0.322 e. The first kappa shape index (κ1) is 31.1. The van der Waals surface area contributed by atoms with Crippen LogP contribution in [0.2, 0.25) is 0 Å². The van der Waals surface area contributed by atoms with Crippen molar-refractivity contribution in [3.8, 4) is 11.5 Å². The molecule has 3 heterocycles. The van der Waals surface area contributed by atoms with Crippen LogP contribution in [0.1, 0.15) is 39.9 Å². The third-order valence-corrected chi connectivity index (χ3v) is 8.72. The predicted octanol–water partition coefficient (Wildman–Crippen LogP) is 3.64. The van der Waals surface area contributed by atoms with Gasteiger partial charge in [0.2, 0.25) is 11.8 Å². The molecule has 5 amide bonds. The highest BCUT2D eigenvalue weighted by atomic mass is 16.5. The van der Waals surface area contributed by atoms with Crippen molar-refractivity contribution in [2.75, 3.05) is 44.7 Å². The molecule has 11 heteroatoms. The Bertz CT molecular complexity index is 1640. The number of carbonyl (C=O) groups excluding carboxylic acids is 4. The number of fused-ring (bicyclic) bond motifs is 5. The van der Waals surface area contributed by atoms with Crippen molar-refractivity contribution in [2.24, 2.45) is 0 Å². The number of rotatable bonds is 2. The number of nitrogens with zero attached hydrogens (tertiary/aromatic N) is 3. The molecule has 240 valence electrons. The summed E-state index contributed by atoms with van der Waals surface area (Å²) >= 11 is 0. The van der Waals surface area contributed by atoms with Crippen molar-refractivity contribution in [3.05, 3.63) is 89.0 Å². The van der Waals surface area contributed by atoms with E-state index >= 15 is 0 Å². The lowest BCUT2D eigenvalue weighted by Gasteiger charge is -2.39. The van der Waals surface area contributed by atoms with Crippen molar-refractivity contribution in [1.82, 2.24) is 20.4 Å². The smallest absolute Gasteiger partial charge is 0.322 e. The molecule has 46 heavy (non-hydrogen) atoms. The van der Waals surface area contributed by atoms with E-state index in [1.807, 2.05) is 61.5 Å². The van der Waals surface area contributed by atoms with E-state index in [0.29, 0.717) is 61.8 Å². The molecule has 2 saturated heterocycles. The van der Waals surface area contributed by atoms with Gasteiger partial charge in [-0.05, 0) is 72.9 Å². The van der Waals surface area contributed by atoms with Crippen LogP contribution in [-0.4, -0.2) is 85.5 Å².